The molecule has 0 N–H and O–H groups in total. The predicted octanol–water partition coefficient (Wildman–Crippen LogP) is 3.48. The first-order chi connectivity index (χ1) is 12.2. The molecule has 0 aromatic heterocycles. The Balaban J connectivity index is 1.86. The lowest BCUT2D eigenvalue weighted by molar-refractivity contribution is -0.117. The van der Waals surface area contributed by atoms with Gasteiger partial charge in [0.15, 0.2) is 0 Å². The van der Waals surface area contributed by atoms with E-state index in [1.807, 2.05) is 17.9 Å². The van der Waals surface area contributed by atoms with E-state index in [0.29, 0.717) is 13.0 Å². The first kappa shape index (κ1) is 17.8. The van der Waals surface area contributed by atoms with Crippen LogP contribution in [0.25, 0.3) is 0 Å². The molecule has 2 saturated heterocycles. The van der Waals surface area contributed by atoms with Crippen molar-refractivity contribution < 1.29 is 14.3 Å². The average Bonchev–Trinajstić information content (AvgIpc) is 3.09. The second-order valence-corrected chi connectivity index (χ2v) is 6.46. The second-order valence-electron chi connectivity index (χ2n) is 6.46. The lowest BCUT2D eigenvalue weighted by Crippen LogP contribution is -2.37. The largest absolute Gasteiger partial charge is 0.494 e. The Morgan fingerprint density at radius 3 is 2.72 bits per heavy atom. The number of anilines is 2. The van der Waals surface area contributed by atoms with E-state index in [0.717, 1.165) is 62.7 Å². The van der Waals surface area contributed by atoms with Crippen LogP contribution < -0.4 is 9.80 Å². The molecule has 1 amide bonds. The molecule has 0 bridgehead atoms. The average molecular weight is 344 g/mol. The zero-order valence-corrected chi connectivity index (χ0v) is 15.3. The summed E-state index contributed by atoms with van der Waals surface area (Å²) in [5.74, 6) is 1.21. The molecule has 0 saturated carbocycles. The monoisotopic (exact) mass is 344 g/mol. The Hall–Kier alpha value is -2.01. The summed E-state index contributed by atoms with van der Waals surface area (Å²) in [6, 6.07) is 6.32. The van der Waals surface area contributed by atoms with Crippen LogP contribution >= 0.6 is 0 Å². The van der Waals surface area contributed by atoms with Crippen LogP contribution in [-0.4, -0.2) is 38.8 Å². The Morgan fingerprint density at radius 1 is 1.28 bits per heavy atom. The molecule has 3 rings (SSSR count). The van der Waals surface area contributed by atoms with Crippen LogP contribution in [0.1, 0.15) is 38.7 Å². The molecule has 0 radical (unpaired) electrons. The topological polar surface area (TPSA) is 42.0 Å². The highest BCUT2D eigenvalue weighted by Gasteiger charge is 2.23. The van der Waals surface area contributed by atoms with E-state index in [-0.39, 0.29) is 5.91 Å². The van der Waals surface area contributed by atoms with Crippen molar-refractivity contribution >= 4 is 17.3 Å². The third-order valence-electron chi connectivity index (χ3n) is 4.88. The summed E-state index contributed by atoms with van der Waals surface area (Å²) < 4.78 is 11.5. The van der Waals surface area contributed by atoms with Gasteiger partial charge in [-0.3, -0.25) is 4.79 Å². The zero-order valence-electron chi connectivity index (χ0n) is 15.3. The molecule has 0 aliphatic carbocycles. The molecule has 2 aliphatic heterocycles. The summed E-state index contributed by atoms with van der Waals surface area (Å²) in [5, 5.41) is 0. The number of allylic oxidation sites excluding steroid dienone is 2. The maximum Gasteiger partial charge on any atom is 0.227 e. The number of ether oxygens (including phenoxy) is 2. The second kappa shape index (κ2) is 8.39. The van der Waals surface area contributed by atoms with E-state index in [2.05, 4.69) is 30.0 Å². The summed E-state index contributed by atoms with van der Waals surface area (Å²) in [5.41, 5.74) is 3.30. The quantitative estimate of drug-likeness (QED) is 0.741. The molecule has 2 fully saturated rings. The van der Waals surface area contributed by atoms with Gasteiger partial charge in [-0.1, -0.05) is 6.92 Å². The zero-order chi connectivity index (χ0) is 17.6. The number of carbonyl (C=O) groups excluding carboxylic acids is 1. The Labute approximate surface area is 150 Å². The smallest absolute Gasteiger partial charge is 0.227 e. The highest BCUT2D eigenvalue weighted by atomic mass is 16.5. The fourth-order valence-electron chi connectivity index (χ4n) is 3.45. The molecule has 0 atom stereocenters. The van der Waals surface area contributed by atoms with Crippen molar-refractivity contribution in [2.45, 2.75) is 39.7 Å². The summed E-state index contributed by atoms with van der Waals surface area (Å²) in [6.45, 7) is 8.71. The van der Waals surface area contributed by atoms with Crippen molar-refractivity contribution in [3.05, 3.63) is 35.6 Å². The van der Waals surface area contributed by atoms with Crippen molar-refractivity contribution in [2.75, 3.05) is 42.6 Å². The number of nitrogens with zero attached hydrogens (tertiary/aromatic N) is 2. The van der Waals surface area contributed by atoms with Gasteiger partial charge in [0.05, 0.1) is 19.0 Å². The molecule has 25 heavy (non-hydrogen) atoms. The number of hydrogen-bond donors (Lipinski definition) is 0. The van der Waals surface area contributed by atoms with Gasteiger partial charge in [0.2, 0.25) is 5.91 Å². The van der Waals surface area contributed by atoms with Crippen LogP contribution in [0.4, 0.5) is 11.4 Å². The molecule has 5 heteroatoms. The van der Waals surface area contributed by atoms with Crippen molar-refractivity contribution in [1.82, 2.24) is 0 Å². The van der Waals surface area contributed by atoms with Gasteiger partial charge < -0.3 is 19.3 Å². The molecule has 2 aliphatic rings. The van der Waals surface area contributed by atoms with Crippen LogP contribution in [0.15, 0.2) is 30.0 Å². The van der Waals surface area contributed by atoms with E-state index < -0.39 is 0 Å². The van der Waals surface area contributed by atoms with Crippen molar-refractivity contribution in [2.24, 2.45) is 0 Å². The number of benzene rings is 1. The van der Waals surface area contributed by atoms with Gasteiger partial charge in [0.1, 0.15) is 6.61 Å². The summed E-state index contributed by atoms with van der Waals surface area (Å²) in [7, 11) is 0. The molecular weight excluding hydrogens is 316 g/mol. The summed E-state index contributed by atoms with van der Waals surface area (Å²) >= 11 is 0. The van der Waals surface area contributed by atoms with Crippen molar-refractivity contribution in [3.8, 4) is 0 Å². The van der Waals surface area contributed by atoms with Gasteiger partial charge in [-0.05, 0) is 37.6 Å². The Kier molecular flexibility index (Phi) is 5.97. The van der Waals surface area contributed by atoms with E-state index in [4.69, 9.17) is 9.47 Å². The van der Waals surface area contributed by atoms with Crippen molar-refractivity contribution in [3.63, 3.8) is 0 Å². The SMILES string of the molecule is C/C=C(\CC)OCc1cc(N2CCCC2=O)ccc1N1CCOCC1. The molecule has 0 spiro atoms. The first-order valence-electron chi connectivity index (χ1n) is 9.27. The van der Waals surface area contributed by atoms with E-state index in [1.165, 1.54) is 5.69 Å². The number of amides is 1. The Morgan fingerprint density at radius 2 is 2.08 bits per heavy atom. The fourth-order valence-corrected chi connectivity index (χ4v) is 3.45. The third-order valence-corrected chi connectivity index (χ3v) is 4.88. The molecule has 5 nitrogen and oxygen atoms in total. The predicted molar refractivity (Wildman–Crippen MR) is 99.9 cm³/mol. The van der Waals surface area contributed by atoms with Crippen molar-refractivity contribution in [1.29, 1.82) is 0 Å². The lowest BCUT2D eigenvalue weighted by Gasteiger charge is -2.31. The maximum absolute atomic E-state index is 12.1. The Bertz CT molecular complexity index is 636. The standard InChI is InChI=1S/C20H28N2O3/c1-3-18(4-2)25-15-16-14-17(22-9-5-6-20(22)23)7-8-19(16)21-10-12-24-13-11-21/h3,7-8,14H,4-6,9-13,15H2,1-2H3/b18-3+. The molecule has 0 unspecified atom stereocenters. The van der Waals surface area contributed by atoms with Crippen LogP contribution in [0.2, 0.25) is 0 Å². The highest BCUT2D eigenvalue weighted by molar-refractivity contribution is 5.95. The first-order valence-corrected chi connectivity index (χ1v) is 9.27. The molecule has 1 aromatic rings. The van der Waals surface area contributed by atoms with Crippen LogP contribution in [0.5, 0.6) is 0 Å². The van der Waals surface area contributed by atoms with E-state index in [9.17, 15) is 4.79 Å². The van der Waals surface area contributed by atoms with Crippen LogP contribution in [0, 0.1) is 0 Å². The summed E-state index contributed by atoms with van der Waals surface area (Å²) in [4.78, 5) is 16.3. The van der Waals surface area contributed by atoms with Gasteiger partial charge in [0.25, 0.3) is 0 Å². The molecule has 2 heterocycles. The number of morpholine rings is 1. The number of carbonyl (C=O) groups is 1. The third kappa shape index (κ3) is 4.15. The minimum Gasteiger partial charge on any atom is -0.494 e. The lowest BCUT2D eigenvalue weighted by atomic mass is 10.1. The van der Waals surface area contributed by atoms with E-state index >= 15 is 0 Å². The molecular formula is C20H28N2O3. The fraction of sp³-hybridized carbons (Fsp3) is 0.550. The van der Waals surface area contributed by atoms with Crippen LogP contribution in [-0.2, 0) is 20.9 Å². The highest BCUT2D eigenvalue weighted by Crippen LogP contribution is 2.30. The number of rotatable bonds is 6. The van der Waals surface area contributed by atoms with Crippen LogP contribution in [0.3, 0.4) is 0 Å². The van der Waals surface area contributed by atoms with E-state index in [1.54, 1.807) is 0 Å². The number of hydrogen-bond acceptors (Lipinski definition) is 4. The van der Waals surface area contributed by atoms with Gasteiger partial charge in [0, 0.05) is 49.4 Å². The minimum atomic E-state index is 0.216. The van der Waals surface area contributed by atoms with Gasteiger partial charge in [-0.15, -0.1) is 0 Å². The molecule has 136 valence electrons. The van der Waals surface area contributed by atoms with Gasteiger partial charge in [-0.2, -0.15) is 0 Å². The molecule has 1 aromatic carbocycles. The minimum absolute atomic E-state index is 0.216. The summed E-state index contributed by atoms with van der Waals surface area (Å²) in [6.07, 6.45) is 4.49. The van der Waals surface area contributed by atoms with Gasteiger partial charge >= 0.3 is 0 Å². The normalized spacial score (nSPS) is 18.8. The maximum atomic E-state index is 12.1. The van der Waals surface area contributed by atoms with Gasteiger partial charge in [-0.25, -0.2) is 0 Å².